The van der Waals surface area contributed by atoms with Crippen LogP contribution in [0.5, 0.6) is 0 Å². The van der Waals surface area contributed by atoms with Gasteiger partial charge in [-0.3, -0.25) is 9.69 Å². The molecule has 0 aromatic carbocycles. The van der Waals surface area contributed by atoms with E-state index in [1.807, 2.05) is 21.0 Å². The Morgan fingerprint density at radius 1 is 1.35 bits per heavy atom. The van der Waals surface area contributed by atoms with Crippen molar-refractivity contribution >= 4 is 15.7 Å². The number of sulfone groups is 1. The number of hydrogen-bond acceptors (Lipinski definition) is 6. The van der Waals surface area contributed by atoms with E-state index in [4.69, 9.17) is 4.74 Å². The SMILES string of the molecule is CCN(C(=O)CN1CCO[C@H](CN(C)C)C1)[C@H]1CCS(=O)(=O)C1. The van der Waals surface area contributed by atoms with Gasteiger partial charge in [0, 0.05) is 32.2 Å². The maximum absolute atomic E-state index is 12.6. The second-order valence-corrected chi connectivity index (χ2v) is 8.96. The Labute approximate surface area is 139 Å². The Hall–Kier alpha value is -0.700. The van der Waals surface area contributed by atoms with E-state index in [0.717, 1.165) is 19.6 Å². The van der Waals surface area contributed by atoms with E-state index in [0.29, 0.717) is 26.1 Å². The Kier molecular flexibility index (Phi) is 6.41. The van der Waals surface area contributed by atoms with Gasteiger partial charge in [-0.25, -0.2) is 8.42 Å². The van der Waals surface area contributed by atoms with Crippen molar-refractivity contribution in [1.82, 2.24) is 14.7 Å². The molecule has 2 aliphatic rings. The zero-order chi connectivity index (χ0) is 17.0. The third-order valence-corrected chi connectivity index (χ3v) is 6.21. The number of ether oxygens (including phenoxy) is 1. The summed E-state index contributed by atoms with van der Waals surface area (Å²) in [5.41, 5.74) is 0. The highest BCUT2D eigenvalue weighted by molar-refractivity contribution is 7.91. The summed E-state index contributed by atoms with van der Waals surface area (Å²) in [6, 6.07) is -0.156. The van der Waals surface area contributed by atoms with Gasteiger partial charge in [0.2, 0.25) is 5.91 Å². The highest BCUT2D eigenvalue weighted by Crippen LogP contribution is 2.18. The molecule has 23 heavy (non-hydrogen) atoms. The van der Waals surface area contributed by atoms with Crippen LogP contribution in [-0.4, -0.2) is 106 Å². The lowest BCUT2D eigenvalue weighted by Gasteiger charge is -2.35. The highest BCUT2D eigenvalue weighted by Gasteiger charge is 2.34. The molecule has 2 rings (SSSR count). The first-order chi connectivity index (χ1) is 10.8. The minimum absolute atomic E-state index is 0.0279. The average Bonchev–Trinajstić information content (AvgIpc) is 2.79. The average molecular weight is 347 g/mol. The van der Waals surface area contributed by atoms with E-state index in [2.05, 4.69) is 9.80 Å². The van der Waals surface area contributed by atoms with Crippen LogP contribution in [0.15, 0.2) is 0 Å². The van der Waals surface area contributed by atoms with Crippen LogP contribution in [-0.2, 0) is 19.4 Å². The van der Waals surface area contributed by atoms with Gasteiger partial charge < -0.3 is 14.5 Å². The summed E-state index contributed by atoms with van der Waals surface area (Å²) in [5, 5.41) is 0. The minimum atomic E-state index is -2.97. The maximum Gasteiger partial charge on any atom is 0.237 e. The molecule has 8 heteroatoms. The molecular weight excluding hydrogens is 318 g/mol. The van der Waals surface area contributed by atoms with Gasteiger partial charge in [0.05, 0.1) is 30.8 Å². The number of morpholine rings is 1. The fraction of sp³-hybridized carbons (Fsp3) is 0.933. The smallest absolute Gasteiger partial charge is 0.237 e. The lowest BCUT2D eigenvalue weighted by molar-refractivity contribution is -0.136. The van der Waals surface area contributed by atoms with Crippen LogP contribution in [0.3, 0.4) is 0 Å². The van der Waals surface area contributed by atoms with E-state index in [-0.39, 0.29) is 29.6 Å². The Morgan fingerprint density at radius 3 is 2.65 bits per heavy atom. The number of rotatable bonds is 6. The molecule has 1 amide bonds. The predicted molar refractivity (Wildman–Crippen MR) is 89.2 cm³/mol. The molecule has 0 saturated carbocycles. The van der Waals surface area contributed by atoms with Crippen LogP contribution < -0.4 is 0 Å². The quantitative estimate of drug-likeness (QED) is 0.632. The summed E-state index contributed by atoms with van der Waals surface area (Å²) in [6.07, 6.45) is 0.683. The monoisotopic (exact) mass is 347 g/mol. The van der Waals surface area contributed by atoms with Crippen LogP contribution in [0.4, 0.5) is 0 Å². The van der Waals surface area contributed by atoms with E-state index < -0.39 is 9.84 Å². The molecule has 0 aromatic heterocycles. The topological polar surface area (TPSA) is 70.2 Å². The third kappa shape index (κ3) is 5.41. The highest BCUT2D eigenvalue weighted by atomic mass is 32.2. The van der Waals surface area contributed by atoms with Gasteiger partial charge in [0.25, 0.3) is 0 Å². The summed E-state index contributed by atoms with van der Waals surface area (Å²) >= 11 is 0. The largest absolute Gasteiger partial charge is 0.374 e. The van der Waals surface area contributed by atoms with Crippen molar-refractivity contribution in [1.29, 1.82) is 0 Å². The van der Waals surface area contributed by atoms with E-state index >= 15 is 0 Å². The number of carbonyl (C=O) groups is 1. The Morgan fingerprint density at radius 2 is 2.09 bits per heavy atom. The first kappa shape index (κ1) is 18.6. The van der Waals surface area contributed by atoms with E-state index in [1.165, 1.54) is 0 Å². The van der Waals surface area contributed by atoms with Crippen LogP contribution in [0.1, 0.15) is 13.3 Å². The standard InChI is InChI=1S/C15H29N3O4S/c1-4-18(13-5-8-23(20,21)12-13)15(19)11-17-6-7-22-14(10-17)9-16(2)3/h13-14H,4-12H2,1-3H3/t13-,14+/m0/s1. The molecule has 0 radical (unpaired) electrons. The fourth-order valence-corrected chi connectivity index (χ4v) is 5.11. The number of amides is 1. The molecule has 7 nitrogen and oxygen atoms in total. The summed E-state index contributed by atoms with van der Waals surface area (Å²) < 4.78 is 29.0. The second-order valence-electron chi connectivity index (χ2n) is 6.73. The molecule has 0 N–H and O–H groups in total. The normalized spacial score (nSPS) is 28.2. The molecule has 134 valence electrons. The molecule has 0 aliphatic carbocycles. The molecule has 2 atom stereocenters. The lowest BCUT2D eigenvalue weighted by Crippen LogP contribution is -2.51. The molecule has 0 bridgehead atoms. The van der Waals surface area contributed by atoms with Gasteiger partial charge in [0.15, 0.2) is 9.84 Å². The second kappa shape index (κ2) is 7.92. The van der Waals surface area contributed by atoms with Crippen molar-refractivity contribution in [3.63, 3.8) is 0 Å². The Bertz CT molecular complexity index is 509. The first-order valence-corrected chi connectivity index (χ1v) is 10.1. The van der Waals surface area contributed by atoms with E-state index in [1.54, 1.807) is 4.90 Å². The number of carbonyl (C=O) groups excluding carboxylic acids is 1. The van der Waals surface area contributed by atoms with Crippen molar-refractivity contribution in [2.24, 2.45) is 0 Å². The van der Waals surface area contributed by atoms with Gasteiger partial charge in [-0.1, -0.05) is 0 Å². The van der Waals surface area contributed by atoms with Gasteiger partial charge in [-0.15, -0.1) is 0 Å². The summed E-state index contributed by atoms with van der Waals surface area (Å²) in [5.74, 6) is 0.336. The number of nitrogens with zero attached hydrogens (tertiary/aromatic N) is 3. The fourth-order valence-electron chi connectivity index (χ4n) is 3.38. The van der Waals surface area contributed by atoms with Crippen molar-refractivity contribution in [2.75, 3.05) is 64.9 Å². The molecule has 2 fully saturated rings. The molecule has 0 aromatic rings. The van der Waals surface area contributed by atoms with Crippen molar-refractivity contribution in [3.8, 4) is 0 Å². The number of hydrogen-bond donors (Lipinski definition) is 0. The van der Waals surface area contributed by atoms with Crippen LogP contribution in [0.25, 0.3) is 0 Å². The molecule has 0 spiro atoms. The van der Waals surface area contributed by atoms with Gasteiger partial charge >= 0.3 is 0 Å². The van der Waals surface area contributed by atoms with Gasteiger partial charge in [0.1, 0.15) is 0 Å². The third-order valence-electron chi connectivity index (χ3n) is 4.46. The molecule has 0 unspecified atom stereocenters. The minimum Gasteiger partial charge on any atom is -0.374 e. The zero-order valence-corrected chi connectivity index (χ0v) is 15.2. The lowest BCUT2D eigenvalue weighted by atomic mass is 10.2. The number of likely N-dealkylation sites (N-methyl/N-ethyl adjacent to an activating group) is 2. The molecule has 2 aliphatic heterocycles. The molecular formula is C15H29N3O4S. The van der Waals surface area contributed by atoms with Gasteiger partial charge in [-0.2, -0.15) is 0 Å². The van der Waals surface area contributed by atoms with Crippen LogP contribution in [0.2, 0.25) is 0 Å². The van der Waals surface area contributed by atoms with Gasteiger partial charge in [-0.05, 0) is 27.4 Å². The van der Waals surface area contributed by atoms with Crippen molar-refractivity contribution < 1.29 is 17.9 Å². The summed E-state index contributed by atoms with van der Waals surface area (Å²) in [4.78, 5) is 18.5. The van der Waals surface area contributed by atoms with Crippen LogP contribution in [0, 0.1) is 0 Å². The zero-order valence-electron chi connectivity index (χ0n) is 14.4. The molecule has 2 heterocycles. The first-order valence-electron chi connectivity index (χ1n) is 8.29. The van der Waals surface area contributed by atoms with E-state index in [9.17, 15) is 13.2 Å². The maximum atomic E-state index is 12.6. The summed E-state index contributed by atoms with van der Waals surface area (Å²) in [7, 11) is 1.04. The van der Waals surface area contributed by atoms with Crippen LogP contribution >= 0.6 is 0 Å². The van der Waals surface area contributed by atoms with Crippen molar-refractivity contribution in [2.45, 2.75) is 25.5 Å². The summed E-state index contributed by atoms with van der Waals surface area (Å²) in [6.45, 7) is 5.78. The predicted octanol–water partition coefficient (Wildman–Crippen LogP) is -0.716. The molecule has 2 saturated heterocycles. The Balaban J connectivity index is 1.89. The van der Waals surface area contributed by atoms with Crippen molar-refractivity contribution in [3.05, 3.63) is 0 Å².